The van der Waals surface area contributed by atoms with Gasteiger partial charge in [-0.25, -0.2) is 4.39 Å². The van der Waals surface area contributed by atoms with E-state index in [0.29, 0.717) is 17.5 Å². The molecule has 2 fully saturated rings. The molecule has 2 atom stereocenters. The number of fused-ring (bicyclic) bond motifs is 1. The van der Waals surface area contributed by atoms with Crippen LogP contribution in [0.15, 0.2) is 18.2 Å². The third-order valence-corrected chi connectivity index (χ3v) is 3.96. The minimum absolute atomic E-state index is 0.220. The molecule has 3 N–H and O–H groups in total. The molecule has 2 unspecified atom stereocenters. The molecule has 0 radical (unpaired) electrons. The molecule has 0 bridgehead atoms. The van der Waals surface area contributed by atoms with Crippen LogP contribution in [0.25, 0.3) is 0 Å². The van der Waals surface area contributed by atoms with Gasteiger partial charge in [0, 0.05) is 31.7 Å². The standard InChI is InChI=1S/C13H16FN3O/c14-11-3-8(13(15)18)1-2-12(11)17-6-9-4-16-5-10(9)7-17/h1-3,9-10,16H,4-7H2,(H2,15,18). The number of carbonyl (C=O) groups excluding carboxylic acids is 1. The molecule has 2 aliphatic heterocycles. The van der Waals surface area contributed by atoms with Crippen molar-refractivity contribution in [1.82, 2.24) is 5.32 Å². The predicted molar refractivity (Wildman–Crippen MR) is 67.0 cm³/mol. The van der Waals surface area contributed by atoms with Crippen molar-refractivity contribution in [2.45, 2.75) is 0 Å². The topological polar surface area (TPSA) is 58.4 Å². The van der Waals surface area contributed by atoms with Crippen LogP contribution in [0, 0.1) is 17.7 Å². The van der Waals surface area contributed by atoms with Gasteiger partial charge in [-0.2, -0.15) is 0 Å². The zero-order valence-electron chi connectivity index (χ0n) is 10.0. The number of halogens is 1. The molecule has 0 spiro atoms. The third kappa shape index (κ3) is 1.84. The van der Waals surface area contributed by atoms with Crippen molar-refractivity contribution >= 4 is 11.6 Å². The fraction of sp³-hybridized carbons (Fsp3) is 0.462. The van der Waals surface area contributed by atoms with Crippen molar-refractivity contribution in [3.8, 4) is 0 Å². The van der Waals surface area contributed by atoms with E-state index in [1.54, 1.807) is 12.1 Å². The maximum atomic E-state index is 14.0. The smallest absolute Gasteiger partial charge is 0.248 e. The SMILES string of the molecule is NC(=O)c1ccc(N2CC3CNCC3C2)c(F)c1. The number of nitrogens with zero attached hydrogens (tertiary/aromatic N) is 1. The molecule has 0 aromatic heterocycles. The first-order valence-corrected chi connectivity index (χ1v) is 6.20. The van der Waals surface area contributed by atoms with E-state index in [-0.39, 0.29) is 11.4 Å². The van der Waals surface area contributed by atoms with Gasteiger partial charge in [-0.05, 0) is 30.0 Å². The number of primary amides is 1. The first-order chi connectivity index (χ1) is 8.65. The molecule has 4 nitrogen and oxygen atoms in total. The molecule has 1 aromatic rings. The molecule has 0 saturated carbocycles. The number of nitrogens with two attached hydrogens (primary N) is 1. The van der Waals surface area contributed by atoms with E-state index in [0.717, 1.165) is 26.2 Å². The summed E-state index contributed by atoms with van der Waals surface area (Å²) in [6.45, 7) is 3.79. The Morgan fingerprint density at radius 1 is 1.33 bits per heavy atom. The van der Waals surface area contributed by atoms with Crippen molar-refractivity contribution in [1.29, 1.82) is 0 Å². The molecule has 2 saturated heterocycles. The van der Waals surface area contributed by atoms with E-state index < -0.39 is 5.91 Å². The molecule has 2 aliphatic rings. The number of carbonyl (C=O) groups is 1. The molecule has 1 aromatic carbocycles. The highest BCUT2D eigenvalue weighted by atomic mass is 19.1. The average Bonchev–Trinajstić information content (AvgIpc) is 2.88. The summed E-state index contributed by atoms with van der Waals surface area (Å²) in [7, 11) is 0. The number of hydrogen-bond acceptors (Lipinski definition) is 3. The van der Waals surface area contributed by atoms with Crippen molar-refractivity contribution in [3.05, 3.63) is 29.6 Å². The van der Waals surface area contributed by atoms with Crippen LogP contribution in [0.1, 0.15) is 10.4 Å². The zero-order chi connectivity index (χ0) is 12.7. The summed E-state index contributed by atoms with van der Waals surface area (Å²) < 4.78 is 14.0. The second kappa shape index (κ2) is 4.24. The fourth-order valence-corrected chi connectivity index (χ4v) is 2.97. The van der Waals surface area contributed by atoms with E-state index >= 15 is 0 Å². The summed E-state index contributed by atoms with van der Waals surface area (Å²) >= 11 is 0. The maximum absolute atomic E-state index is 14.0. The van der Waals surface area contributed by atoms with Gasteiger partial charge in [-0.15, -0.1) is 0 Å². The molecule has 0 aliphatic carbocycles. The molecule has 5 heteroatoms. The molecule has 18 heavy (non-hydrogen) atoms. The van der Waals surface area contributed by atoms with Crippen LogP contribution < -0.4 is 16.0 Å². The van der Waals surface area contributed by atoms with Crippen molar-refractivity contribution < 1.29 is 9.18 Å². The largest absolute Gasteiger partial charge is 0.368 e. The van der Waals surface area contributed by atoms with Crippen LogP contribution in [0.4, 0.5) is 10.1 Å². The van der Waals surface area contributed by atoms with Gasteiger partial charge in [0.2, 0.25) is 5.91 Å². The van der Waals surface area contributed by atoms with Crippen LogP contribution in [-0.2, 0) is 0 Å². The summed E-state index contributed by atoms with van der Waals surface area (Å²) in [5, 5.41) is 3.35. The monoisotopic (exact) mass is 249 g/mol. The van der Waals surface area contributed by atoms with Crippen LogP contribution in [0.2, 0.25) is 0 Å². The highest BCUT2D eigenvalue weighted by Crippen LogP contribution is 2.32. The number of anilines is 1. The number of hydrogen-bond donors (Lipinski definition) is 2. The third-order valence-electron chi connectivity index (χ3n) is 3.96. The van der Waals surface area contributed by atoms with Crippen LogP contribution >= 0.6 is 0 Å². The lowest BCUT2D eigenvalue weighted by atomic mass is 10.0. The second-order valence-electron chi connectivity index (χ2n) is 5.11. The van der Waals surface area contributed by atoms with Gasteiger partial charge in [0.25, 0.3) is 0 Å². The number of rotatable bonds is 2. The van der Waals surface area contributed by atoms with Gasteiger partial charge in [0.15, 0.2) is 0 Å². The summed E-state index contributed by atoms with van der Waals surface area (Å²) in [5.74, 6) is 0.266. The molecule has 1 amide bonds. The van der Waals surface area contributed by atoms with E-state index in [1.807, 2.05) is 0 Å². The molecule has 96 valence electrons. The van der Waals surface area contributed by atoms with Gasteiger partial charge in [-0.3, -0.25) is 4.79 Å². The molecule has 2 heterocycles. The quantitative estimate of drug-likeness (QED) is 0.806. The van der Waals surface area contributed by atoms with E-state index in [1.165, 1.54) is 6.07 Å². The van der Waals surface area contributed by atoms with E-state index in [9.17, 15) is 9.18 Å². The van der Waals surface area contributed by atoms with Crippen LogP contribution in [-0.4, -0.2) is 32.1 Å². The Bertz CT molecular complexity index is 479. The van der Waals surface area contributed by atoms with Crippen molar-refractivity contribution in [2.24, 2.45) is 17.6 Å². The minimum Gasteiger partial charge on any atom is -0.368 e. The average molecular weight is 249 g/mol. The molecule has 3 rings (SSSR count). The normalized spacial score (nSPS) is 26.4. The van der Waals surface area contributed by atoms with Crippen molar-refractivity contribution in [3.63, 3.8) is 0 Å². The number of benzene rings is 1. The number of amides is 1. The lowest BCUT2D eigenvalue weighted by molar-refractivity contribution is 0.1000. The van der Waals surface area contributed by atoms with Gasteiger partial charge < -0.3 is 16.0 Å². The Morgan fingerprint density at radius 3 is 2.56 bits per heavy atom. The summed E-state index contributed by atoms with van der Waals surface area (Å²) in [4.78, 5) is 13.0. The zero-order valence-corrected chi connectivity index (χ0v) is 10.0. The first kappa shape index (κ1) is 11.5. The van der Waals surface area contributed by atoms with Gasteiger partial charge in [0.1, 0.15) is 5.82 Å². The Labute approximate surface area is 105 Å². The van der Waals surface area contributed by atoms with Crippen molar-refractivity contribution in [2.75, 3.05) is 31.1 Å². The second-order valence-corrected chi connectivity index (χ2v) is 5.11. The molecular weight excluding hydrogens is 233 g/mol. The lowest BCUT2D eigenvalue weighted by Crippen LogP contribution is -2.26. The molecular formula is C13H16FN3O. The summed E-state index contributed by atoms with van der Waals surface area (Å²) in [6.07, 6.45) is 0. The summed E-state index contributed by atoms with van der Waals surface area (Å²) in [6, 6.07) is 4.47. The van der Waals surface area contributed by atoms with Crippen LogP contribution in [0.5, 0.6) is 0 Å². The van der Waals surface area contributed by atoms with E-state index in [4.69, 9.17) is 5.73 Å². The van der Waals surface area contributed by atoms with E-state index in [2.05, 4.69) is 10.2 Å². The number of nitrogens with one attached hydrogen (secondary N) is 1. The predicted octanol–water partition coefficient (Wildman–Crippen LogP) is 0.580. The minimum atomic E-state index is -0.594. The Hall–Kier alpha value is -1.62. The first-order valence-electron chi connectivity index (χ1n) is 6.20. The Kier molecular flexibility index (Phi) is 2.70. The van der Waals surface area contributed by atoms with Gasteiger partial charge in [0.05, 0.1) is 5.69 Å². The Morgan fingerprint density at radius 2 is 2.00 bits per heavy atom. The fourth-order valence-electron chi connectivity index (χ4n) is 2.97. The highest BCUT2D eigenvalue weighted by Gasteiger charge is 2.36. The van der Waals surface area contributed by atoms with Crippen LogP contribution in [0.3, 0.4) is 0 Å². The highest BCUT2D eigenvalue weighted by molar-refractivity contribution is 5.93. The Balaban J connectivity index is 1.83. The van der Waals surface area contributed by atoms with Gasteiger partial charge in [-0.1, -0.05) is 0 Å². The maximum Gasteiger partial charge on any atom is 0.248 e. The lowest BCUT2D eigenvalue weighted by Gasteiger charge is -2.20. The summed E-state index contributed by atoms with van der Waals surface area (Å²) in [5.41, 5.74) is 5.93. The van der Waals surface area contributed by atoms with Gasteiger partial charge >= 0.3 is 0 Å².